The van der Waals surface area contributed by atoms with Gasteiger partial charge < -0.3 is 10.2 Å². The molecule has 0 spiro atoms. The van der Waals surface area contributed by atoms with Crippen LogP contribution in [0.4, 0.5) is 0 Å². The van der Waals surface area contributed by atoms with Gasteiger partial charge in [0.15, 0.2) is 0 Å². The number of rotatable bonds is 3. The molecule has 2 radical (unpaired) electrons. The number of hydrogen-bond acceptors (Lipinski definition) is 4. The van der Waals surface area contributed by atoms with Gasteiger partial charge in [-0.3, -0.25) is 0 Å². The summed E-state index contributed by atoms with van der Waals surface area (Å²) in [6, 6.07) is 0. The molecule has 6 nitrogen and oxygen atoms in total. The Hall–Kier alpha value is -0.240. The summed E-state index contributed by atoms with van der Waals surface area (Å²) in [6.45, 7) is 14.9. The van der Waals surface area contributed by atoms with Crippen molar-refractivity contribution in [3.8, 4) is 0 Å². The SMILES string of the molecule is CC1(C)CC(C(O)(CO)C2CC(C)(C)N([O])C(C)(C)C2)CC(C)(C)N1[O]. The molecule has 2 saturated heterocycles. The van der Waals surface area contributed by atoms with E-state index < -0.39 is 27.8 Å². The second kappa shape index (κ2) is 6.39. The Kier molecular flexibility index (Phi) is 5.42. The van der Waals surface area contributed by atoms with E-state index in [1.165, 1.54) is 0 Å². The van der Waals surface area contributed by atoms with Gasteiger partial charge in [0.25, 0.3) is 0 Å². The Morgan fingerprint density at radius 1 is 0.731 bits per heavy atom. The van der Waals surface area contributed by atoms with Crippen molar-refractivity contribution in [3.05, 3.63) is 0 Å². The van der Waals surface area contributed by atoms with Crippen LogP contribution in [0.2, 0.25) is 0 Å². The van der Waals surface area contributed by atoms with Gasteiger partial charge in [0.2, 0.25) is 0 Å². The zero-order chi connectivity index (χ0) is 20.3. The van der Waals surface area contributed by atoms with Gasteiger partial charge in [-0.25, -0.2) is 0 Å². The molecule has 6 heteroatoms. The summed E-state index contributed by atoms with van der Waals surface area (Å²) in [5, 5.41) is 49.6. The van der Waals surface area contributed by atoms with Gasteiger partial charge in [-0.05, 0) is 92.9 Å². The maximum absolute atomic E-state index is 12.7. The van der Waals surface area contributed by atoms with E-state index in [-0.39, 0.29) is 18.4 Å². The Balaban J connectivity index is 2.39. The molecule has 0 unspecified atom stereocenters. The van der Waals surface area contributed by atoms with Gasteiger partial charge in [0.1, 0.15) is 0 Å². The molecule has 2 rings (SSSR count). The van der Waals surface area contributed by atoms with Gasteiger partial charge in [0.05, 0.1) is 12.2 Å². The molecule has 0 atom stereocenters. The molecule has 2 fully saturated rings. The molecule has 0 aromatic heterocycles. The summed E-state index contributed by atoms with van der Waals surface area (Å²) in [6.07, 6.45) is 2.09. The van der Waals surface area contributed by atoms with Gasteiger partial charge in [-0.1, -0.05) is 0 Å². The van der Waals surface area contributed by atoms with Gasteiger partial charge in [0, 0.05) is 22.2 Å². The van der Waals surface area contributed by atoms with Crippen molar-refractivity contribution < 1.29 is 20.6 Å². The monoisotopic (exact) mass is 370 g/mol. The van der Waals surface area contributed by atoms with E-state index in [9.17, 15) is 20.6 Å². The molecular weight excluding hydrogens is 332 g/mol. The number of aliphatic hydroxyl groups is 2. The van der Waals surface area contributed by atoms with E-state index in [0.29, 0.717) is 25.7 Å². The fourth-order valence-electron chi connectivity index (χ4n) is 5.83. The van der Waals surface area contributed by atoms with Crippen LogP contribution in [0, 0.1) is 11.8 Å². The molecule has 0 aromatic carbocycles. The molecule has 152 valence electrons. The molecule has 2 aliphatic rings. The van der Waals surface area contributed by atoms with E-state index in [0.717, 1.165) is 10.1 Å². The summed E-state index contributed by atoms with van der Waals surface area (Å²) in [5.41, 5.74) is -3.75. The van der Waals surface area contributed by atoms with E-state index in [4.69, 9.17) is 0 Å². The highest BCUT2D eigenvalue weighted by Gasteiger charge is 2.58. The van der Waals surface area contributed by atoms with Crippen LogP contribution in [-0.2, 0) is 10.4 Å². The lowest BCUT2D eigenvalue weighted by Crippen LogP contribution is -2.67. The predicted molar refractivity (Wildman–Crippen MR) is 98.9 cm³/mol. The zero-order valence-corrected chi connectivity index (χ0v) is 17.8. The van der Waals surface area contributed by atoms with Crippen molar-refractivity contribution in [2.45, 2.75) is 109 Å². The topological polar surface area (TPSA) is 86.7 Å². The summed E-state index contributed by atoms with van der Waals surface area (Å²) in [4.78, 5) is 0. The number of hydroxylamine groups is 4. The molecule has 0 bridgehead atoms. The Morgan fingerprint density at radius 2 is 0.962 bits per heavy atom. The highest BCUT2D eigenvalue weighted by atomic mass is 16.5. The number of hydrogen-bond donors (Lipinski definition) is 2. The first kappa shape index (κ1) is 22.1. The highest BCUT2D eigenvalue weighted by molar-refractivity contribution is 5.08. The Morgan fingerprint density at radius 3 is 1.15 bits per heavy atom. The maximum Gasteiger partial charge on any atom is 0.0936 e. The molecule has 2 heterocycles. The zero-order valence-electron chi connectivity index (χ0n) is 17.8. The first-order chi connectivity index (χ1) is 11.5. The number of nitrogens with zero attached hydrogens (tertiary/aromatic N) is 2. The third kappa shape index (κ3) is 3.56. The summed E-state index contributed by atoms with van der Waals surface area (Å²) < 4.78 is 0. The summed E-state index contributed by atoms with van der Waals surface area (Å²) in [5.74, 6) is -0.394. The minimum Gasteiger partial charge on any atom is -0.393 e. The van der Waals surface area contributed by atoms with Crippen LogP contribution in [0.15, 0.2) is 0 Å². The van der Waals surface area contributed by atoms with Crippen LogP contribution in [0.1, 0.15) is 81.1 Å². The first-order valence-electron chi connectivity index (χ1n) is 9.78. The van der Waals surface area contributed by atoms with Crippen LogP contribution >= 0.6 is 0 Å². The van der Waals surface area contributed by atoms with Crippen molar-refractivity contribution in [3.63, 3.8) is 0 Å². The maximum atomic E-state index is 12.7. The van der Waals surface area contributed by atoms with Gasteiger partial charge in [-0.2, -0.15) is 0 Å². The third-order valence-corrected chi connectivity index (χ3v) is 6.85. The fourth-order valence-corrected chi connectivity index (χ4v) is 5.83. The summed E-state index contributed by atoms with van der Waals surface area (Å²) in [7, 11) is 0. The lowest BCUT2D eigenvalue weighted by Gasteiger charge is -2.58. The number of piperidine rings is 2. The number of aliphatic hydroxyl groups excluding tert-OH is 1. The molecule has 2 N–H and O–H groups in total. The van der Waals surface area contributed by atoms with Crippen molar-refractivity contribution in [1.29, 1.82) is 0 Å². The van der Waals surface area contributed by atoms with Crippen LogP contribution in [-0.4, -0.2) is 54.7 Å². The van der Waals surface area contributed by atoms with Crippen molar-refractivity contribution in [2.24, 2.45) is 11.8 Å². The Labute approximate surface area is 158 Å². The molecular formula is C20H38N2O4. The largest absolute Gasteiger partial charge is 0.393 e. The molecule has 26 heavy (non-hydrogen) atoms. The quantitative estimate of drug-likeness (QED) is 0.800. The third-order valence-electron chi connectivity index (χ3n) is 6.85. The molecule has 0 aromatic rings. The standard InChI is InChI=1S/C20H38N2O4/c1-16(2)9-14(10-17(3,4)21(16)25)20(24,13-23)15-11-18(5,6)22(26)19(7,8)12-15/h14-15,23-24H,9-13H2,1-8H3. The van der Waals surface area contributed by atoms with E-state index >= 15 is 0 Å². The molecule has 0 aliphatic carbocycles. The lowest BCUT2D eigenvalue weighted by molar-refractivity contribution is -0.321. The minimum absolute atomic E-state index is 0.197. The molecule has 0 amide bonds. The van der Waals surface area contributed by atoms with Gasteiger partial charge >= 0.3 is 0 Å². The fraction of sp³-hybridized carbons (Fsp3) is 1.00. The van der Waals surface area contributed by atoms with Gasteiger partial charge in [-0.15, -0.1) is 20.5 Å². The van der Waals surface area contributed by atoms with Crippen LogP contribution in [0.3, 0.4) is 0 Å². The van der Waals surface area contributed by atoms with E-state index in [1.807, 2.05) is 55.4 Å². The van der Waals surface area contributed by atoms with Crippen LogP contribution in [0.5, 0.6) is 0 Å². The first-order valence-corrected chi connectivity index (χ1v) is 9.78. The average molecular weight is 371 g/mol. The van der Waals surface area contributed by atoms with Crippen LogP contribution < -0.4 is 0 Å². The van der Waals surface area contributed by atoms with Crippen molar-refractivity contribution in [1.82, 2.24) is 10.1 Å². The van der Waals surface area contributed by atoms with Crippen LogP contribution in [0.25, 0.3) is 0 Å². The van der Waals surface area contributed by atoms with E-state index in [1.54, 1.807) is 0 Å². The highest BCUT2D eigenvalue weighted by Crippen LogP contribution is 2.51. The van der Waals surface area contributed by atoms with Crippen molar-refractivity contribution in [2.75, 3.05) is 6.61 Å². The second-order valence-corrected chi connectivity index (χ2v) is 11.2. The minimum atomic E-state index is -1.30. The Bertz CT molecular complexity index is 452. The molecule has 2 aliphatic heterocycles. The molecule has 0 saturated carbocycles. The lowest BCUT2D eigenvalue weighted by atomic mass is 9.60. The van der Waals surface area contributed by atoms with E-state index in [2.05, 4.69) is 0 Å². The predicted octanol–water partition coefficient (Wildman–Crippen LogP) is 2.94. The normalized spacial score (nSPS) is 30.5. The smallest absolute Gasteiger partial charge is 0.0936 e. The van der Waals surface area contributed by atoms with Crippen molar-refractivity contribution >= 4 is 0 Å². The summed E-state index contributed by atoms with van der Waals surface area (Å²) >= 11 is 0. The average Bonchev–Trinajstić information content (AvgIpc) is 2.48. The second-order valence-electron chi connectivity index (χ2n) is 11.2.